The Morgan fingerprint density at radius 1 is 1.05 bits per heavy atom. The van der Waals surface area contributed by atoms with E-state index in [1.165, 1.54) is 0 Å². The molecule has 0 fully saturated rings. The van der Waals surface area contributed by atoms with Crippen LogP contribution in [0.1, 0.15) is 5.56 Å². The average molecular weight is 332 g/mol. The smallest absolute Gasteiger partial charge is 0.416 e. The zero-order chi connectivity index (χ0) is 15.8. The van der Waals surface area contributed by atoms with Crippen molar-refractivity contribution in [1.29, 1.82) is 0 Å². The fraction of sp³-hybridized carbons (Fsp3) is 0.250. The molecule has 20 heavy (non-hydrogen) atoms. The predicted molar refractivity (Wildman–Crippen MR) is 51.1 cm³/mol. The number of hydrogen-bond acceptors (Lipinski definition) is 7. The van der Waals surface area contributed by atoms with Crippen LogP contribution in [0.3, 0.4) is 0 Å². The van der Waals surface area contributed by atoms with E-state index >= 15 is 0 Å². The van der Waals surface area contributed by atoms with Gasteiger partial charge in [-0.05, 0) is 33.4 Å². The predicted octanol–water partition coefficient (Wildman–Crippen LogP) is -0.805. The third kappa shape index (κ3) is 4.59. The molecule has 0 saturated carbocycles. The van der Waals surface area contributed by atoms with Crippen LogP contribution in [0.5, 0.6) is 5.75 Å². The maximum Gasteiger partial charge on any atom is 0.416 e. The number of halogens is 3. The van der Waals surface area contributed by atoms with Crippen LogP contribution in [-0.2, 0) is 15.3 Å². The van der Waals surface area contributed by atoms with Gasteiger partial charge in [-0.3, -0.25) is 0 Å². The molecular weight excluding hydrogens is 327 g/mol. The lowest BCUT2D eigenvalue weighted by molar-refractivity contribution is -0.336. The summed E-state index contributed by atoms with van der Waals surface area (Å²) in [4.78, 5) is 42.5. The standard InChI is InChI=1S/C8H9F3O7P2/c9-8(10,11)5-2-1-3-6(4-5)18-7(19(12,13)14)20(15,16)17/h1-4,7H,(H2,12,13,14)(H2,15,16,17)/p-4. The summed E-state index contributed by atoms with van der Waals surface area (Å²) in [5.74, 6) is -0.885. The van der Waals surface area contributed by atoms with Gasteiger partial charge in [-0.25, -0.2) is 0 Å². The maximum absolute atomic E-state index is 12.4. The zero-order valence-corrected chi connectivity index (χ0v) is 11.1. The molecule has 0 atom stereocenters. The van der Waals surface area contributed by atoms with Crippen LogP contribution in [0.4, 0.5) is 13.2 Å². The Bertz CT molecular complexity index is 554. The van der Waals surface area contributed by atoms with Crippen molar-refractivity contribution in [3.05, 3.63) is 29.8 Å². The first-order valence-corrected chi connectivity index (χ1v) is 7.91. The number of ether oxygens (including phenoxy) is 1. The second-order valence-corrected chi connectivity index (χ2v) is 7.05. The van der Waals surface area contributed by atoms with Crippen LogP contribution in [0, 0.1) is 0 Å². The fourth-order valence-corrected chi connectivity index (χ4v) is 3.06. The summed E-state index contributed by atoms with van der Waals surface area (Å²) in [5.41, 5.74) is -4.58. The number of benzene rings is 1. The molecule has 0 aliphatic carbocycles. The molecule has 0 aromatic heterocycles. The van der Waals surface area contributed by atoms with Gasteiger partial charge in [0.25, 0.3) is 0 Å². The Kier molecular flexibility index (Phi) is 4.70. The minimum absolute atomic E-state index is 0.262. The van der Waals surface area contributed by atoms with Gasteiger partial charge in [0.05, 0.1) is 5.56 Å². The van der Waals surface area contributed by atoms with E-state index in [-0.39, 0.29) is 6.07 Å². The molecule has 1 aromatic carbocycles. The summed E-state index contributed by atoms with van der Waals surface area (Å²) >= 11 is 0. The Balaban J connectivity index is 3.14. The zero-order valence-electron chi connectivity index (χ0n) is 9.27. The lowest BCUT2D eigenvalue weighted by Gasteiger charge is -2.48. The quantitative estimate of drug-likeness (QED) is 0.658. The molecule has 0 spiro atoms. The Hall–Kier alpha value is -0.890. The number of alkyl halides is 3. The highest BCUT2D eigenvalue weighted by Crippen LogP contribution is 2.50. The minimum Gasteiger partial charge on any atom is -0.808 e. The lowest BCUT2D eigenvalue weighted by atomic mass is 10.2. The van der Waals surface area contributed by atoms with Gasteiger partial charge in [0, 0.05) is 0 Å². The molecular formula is C8H5F3O7P2-4. The van der Waals surface area contributed by atoms with Gasteiger partial charge in [-0.1, -0.05) is 6.07 Å². The van der Waals surface area contributed by atoms with Crippen molar-refractivity contribution in [1.82, 2.24) is 0 Å². The molecule has 0 N–H and O–H groups in total. The minimum atomic E-state index is -6.01. The van der Waals surface area contributed by atoms with Crippen molar-refractivity contribution in [3.63, 3.8) is 0 Å². The molecule has 0 unspecified atom stereocenters. The van der Waals surface area contributed by atoms with Crippen molar-refractivity contribution < 1.29 is 46.6 Å². The second-order valence-electron chi connectivity index (χ2n) is 3.55. The van der Waals surface area contributed by atoms with E-state index in [0.29, 0.717) is 6.07 Å². The van der Waals surface area contributed by atoms with Gasteiger partial charge in [0.15, 0.2) is 0 Å². The highest BCUT2D eigenvalue weighted by atomic mass is 31.2. The molecule has 0 radical (unpaired) electrons. The van der Waals surface area contributed by atoms with E-state index in [2.05, 4.69) is 4.74 Å². The highest BCUT2D eigenvalue weighted by molar-refractivity contribution is 7.67. The first-order valence-electron chi connectivity index (χ1n) is 4.69. The van der Waals surface area contributed by atoms with Crippen LogP contribution >= 0.6 is 15.2 Å². The summed E-state index contributed by atoms with van der Waals surface area (Å²) in [5, 5.41) is 0. The van der Waals surface area contributed by atoms with Crippen molar-refractivity contribution in [3.8, 4) is 5.75 Å². The van der Waals surface area contributed by atoms with Crippen LogP contribution in [-0.4, -0.2) is 5.59 Å². The molecule has 1 aromatic rings. The van der Waals surface area contributed by atoms with Gasteiger partial charge in [-0.15, -0.1) is 0 Å². The van der Waals surface area contributed by atoms with Crippen LogP contribution in [0.15, 0.2) is 24.3 Å². The van der Waals surface area contributed by atoms with Crippen molar-refractivity contribution in [2.45, 2.75) is 11.8 Å². The van der Waals surface area contributed by atoms with Gasteiger partial charge in [0.2, 0.25) is 0 Å². The molecule has 0 aliphatic heterocycles. The van der Waals surface area contributed by atoms with E-state index in [1.54, 1.807) is 0 Å². The molecule has 0 heterocycles. The third-order valence-electron chi connectivity index (χ3n) is 1.94. The van der Waals surface area contributed by atoms with E-state index in [9.17, 15) is 41.9 Å². The third-order valence-corrected chi connectivity index (χ3v) is 4.93. The number of hydrogen-bond donors (Lipinski definition) is 0. The van der Waals surface area contributed by atoms with Crippen LogP contribution in [0.2, 0.25) is 0 Å². The largest absolute Gasteiger partial charge is 0.808 e. The average Bonchev–Trinajstić information content (AvgIpc) is 2.22. The van der Waals surface area contributed by atoms with Crippen LogP contribution in [0.25, 0.3) is 0 Å². The molecule has 12 heteroatoms. The molecule has 0 aliphatic rings. The van der Waals surface area contributed by atoms with E-state index < -0.39 is 38.3 Å². The van der Waals surface area contributed by atoms with Crippen molar-refractivity contribution >= 4 is 15.2 Å². The van der Waals surface area contributed by atoms with Gasteiger partial charge in [-0.2, -0.15) is 13.2 Å². The highest BCUT2D eigenvalue weighted by Gasteiger charge is 2.31. The van der Waals surface area contributed by atoms with Gasteiger partial charge < -0.3 is 33.4 Å². The summed E-state index contributed by atoms with van der Waals surface area (Å²) < 4.78 is 62.4. The Labute approximate surface area is 110 Å². The lowest BCUT2D eigenvalue weighted by Crippen LogP contribution is -2.37. The topological polar surface area (TPSA) is 136 Å². The Morgan fingerprint density at radius 3 is 1.95 bits per heavy atom. The molecule has 0 amide bonds. The van der Waals surface area contributed by atoms with E-state index in [4.69, 9.17) is 0 Å². The monoisotopic (exact) mass is 332 g/mol. The molecule has 114 valence electrons. The van der Waals surface area contributed by atoms with Gasteiger partial charge >= 0.3 is 6.18 Å². The maximum atomic E-state index is 12.4. The van der Waals surface area contributed by atoms with Crippen LogP contribution < -0.4 is 24.3 Å². The van der Waals surface area contributed by atoms with E-state index in [0.717, 1.165) is 12.1 Å². The normalized spacial score (nSPS) is 13.6. The van der Waals surface area contributed by atoms with Crippen molar-refractivity contribution in [2.75, 3.05) is 0 Å². The first kappa shape index (κ1) is 17.2. The summed E-state index contributed by atoms with van der Waals surface area (Å²) in [6.07, 6.45) is -4.80. The van der Waals surface area contributed by atoms with E-state index in [1.807, 2.05) is 0 Å². The second kappa shape index (κ2) is 5.48. The molecule has 7 nitrogen and oxygen atoms in total. The summed E-state index contributed by atoms with van der Waals surface area (Å²) in [7, 11) is -12.0. The molecule has 1 rings (SSSR count). The Morgan fingerprint density at radius 2 is 1.55 bits per heavy atom. The SMILES string of the molecule is O=P([O-])([O-])C(Oc1cccc(C(F)(F)F)c1)P(=O)([O-])[O-]. The first-order chi connectivity index (χ1) is 8.82. The summed E-state index contributed by atoms with van der Waals surface area (Å²) in [6.45, 7) is 0. The number of rotatable bonds is 4. The van der Waals surface area contributed by atoms with Crippen molar-refractivity contribution in [2.24, 2.45) is 0 Å². The summed E-state index contributed by atoms with van der Waals surface area (Å²) in [6, 6.07) is 2.42. The van der Waals surface area contributed by atoms with Gasteiger partial charge in [0.1, 0.15) is 11.3 Å². The molecule has 0 saturated heterocycles. The molecule has 0 bridgehead atoms. The fourth-order valence-electron chi connectivity index (χ4n) is 1.17.